The van der Waals surface area contributed by atoms with E-state index in [1.807, 2.05) is 0 Å². The molecule has 0 aliphatic carbocycles. The average molecular weight is 404 g/mol. The third-order valence-corrected chi connectivity index (χ3v) is 4.93. The van der Waals surface area contributed by atoms with Gasteiger partial charge >= 0.3 is 0 Å². The summed E-state index contributed by atoms with van der Waals surface area (Å²) in [6.07, 6.45) is 3.45. The standard InChI is InChI=1S/C21H23ClFN3O2/c22-16-6-4-15(5-7-16)21(28)24-11-10-20(27)25-18-14-17(23)8-9-19(18)26-12-2-1-3-13-26/h4-9,14H,1-3,10-13H2,(H,24,28)(H,25,27). The van der Waals surface area contributed by atoms with Crippen molar-refractivity contribution in [3.05, 3.63) is 58.9 Å². The fourth-order valence-electron chi connectivity index (χ4n) is 3.22. The van der Waals surface area contributed by atoms with Crippen LogP contribution in [0.3, 0.4) is 0 Å². The maximum absolute atomic E-state index is 13.7. The van der Waals surface area contributed by atoms with Crippen molar-refractivity contribution in [1.82, 2.24) is 5.32 Å². The second-order valence-corrected chi connectivity index (χ2v) is 7.21. The van der Waals surface area contributed by atoms with Gasteiger partial charge in [-0.25, -0.2) is 4.39 Å². The number of halogens is 2. The average Bonchev–Trinajstić information content (AvgIpc) is 2.69. The van der Waals surface area contributed by atoms with Crippen LogP contribution in [-0.2, 0) is 4.79 Å². The van der Waals surface area contributed by atoms with E-state index in [4.69, 9.17) is 11.6 Å². The number of anilines is 2. The minimum atomic E-state index is -0.396. The molecular weight excluding hydrogens is 381 g/mol. The maximum atomic E-state index is 13.7. The monoisotopic (exact) mass is 403 g/mol. The van der Waals surface area contributed by atoms with Gasteiger partial charge < -0.3 is 15.5 Å². The molecule has 0 aromatic heterocycles. The van der Waals surface area contributed by atoms with Crippen LogP contribution in [0.5, 0.6) is 0 Å². The highest BCUT2D eigenvalue weighted by Crippen LogP contribution is 2.29. The number of hydrogen-bond acceptors (Lipinski definition) is 3. The van der Waals surface area contributed by atoms with Gasteiger partial charge in [-0.15, -0.1) is 0 Å². The van der Waals surface area contributed by atoms with Gasteiger partial charge in [0.15, 0.2) is 0 Å². The van der Waals surface area contributed by atoms with Crippen molar-refractivity contribution in [3.63, 3.8) is 0 Å². The van der Waals surface area contributed by atoms with Gasteiger partial charge in [0, 0.05) is 36.6 Å². The number of nitrogens with zero attached hydrogens (tertiary/aromatic N) is 1. The normalized spacial score (nSPS) is 13.9. The van der Waals surface area contributed by atoms with E-state index in [1.54, 1.807) is 30.3 Å². The van der Waals surface area contributed by atoms with E-state index in [9.17, 15) is 14.0 Å². The molecule has 1 heterocycles. The number of piperidine rings is 1. The predicted molar refractivity (Wildman–Crippen MR) is 109 cm³/mol. The largest absolute Gasteiger partial charge is 0.370 e. The lowest BCUT2D eigenvalue weighted by atomic mass is 10.1. The van der Waals surface area contributed by atoms with Gasteiger partial charge in [-0.05, 0) is 61.7 Å². The number of carbonyl (C=O) groups excluding carboxylic acids is 2. The molecule has 28 heavy (non-hydrogen) atoms. The molecule has 3 rings (SSSR count). The van der Waals surface area contributed by atoms with E-state index < -0.39 is 5.82 Å². The summed E-state index contributed by atoms with van der Waals surface area (Å²) in [5, 5.41) is 6.03. The Morgan fingerprint density at radius 1 is 1.04 bits per heavy atom. The Balaban J connectivity index is 1.55. The lowest BCUT2D eigenvalue weighted by Crippen LogP contribution is -2.31. The van der Waals surface area contributed by atoms with Gasteiger partial charge in [0.1, 0.15) is 5.82 Å². The molecule has 1 fully saturated rings. The molecule has 2 N–H and O–H groups in total. The third-order valence-electron chi connectivity index (χ3n) is 4.67. The predicted octanol–water partition coefficient (Wildman–Crippen LogP) is 4.23. The van der Waals surface area contributed by atoms with Crippen LogP contribution >= 0.6 is 11.6 Å². The highest BCUT2D eigenvalue weighted by Gasteiger charge is 2.16. The number of rotatable bonds is 6. The lowest BCUT2D eigenvalue weighted by molar-refractivity contribution is -0.116. The Morgan fingerprint density at radius 3 is 2.46 bits per heavy atom. The summed E-state index contributed by atoms with van der Waals surface area (Å²) < 4.78 is 13.7. The van der Waals surface area contributed by atoms with E-state index in [0.717, 1.165) is 31.6 Å². The van der Waals surface area contributed by atoms with Crippen molar-refractivity contribution in [2.24, 2.45) is 0 Å². The van der Waals surface area contributed by atoms with E-state index in [0.29, 0.717) is 16.3 Å². The molecule has 1 aliphatic heterocycles. The fourth-order valence-corrected chi connectivity index (χ4v) is 3.35. The lowest BCUT2D eigenvalue weighted by Gasteiger charge is -2.30. The fraction of sp³-hybridized carbons (Fsp3) is 0.333. The maximum Gasteiger partial charge on any atom is 0.251 e. The van der Waals surface area contributed by atoms with E-state index in [-0.39, 0.29) is 24.8 Å². The molecule has 0 unspecified atom stereocenters. The second kappa shape index (κ2) is 9.55. The summed E-state index contributed by atoms with van der Waals surface area (Å²) >= 11 is 5.80. The molecule has 1 aliphatic rings. The first-order valence-electron chi connectivity index (χ1n) is 9.41. The summed E-state index contributed by atoms with van der Waals surface area (Å²) in [5.74, 6) is -0.948. The van der Waals surface area contributed by atoms with E-state index in [1.165, 1.54) is 18.6 Å². The Bertz CT molecular complexity index is 836. The Hall–Kier alpha value is -2.60. The van der Waals surface area contributed by atoms with Crippen molar-refractivity contribution in [1.29, 1.82) is 0 Å². The second-order valence-electron chi connectivity index (χ2n) is 6.77. The number of amides is 2. The molecule has 2 aromatic rings. The van der Waals surface area contributed by atoms with Crippen molar-refractivity contribution in [2.45, 2.75) is 25.7 Å². The van der Waals surface area contributed by atoms with Gasteiger partial charge in [-0.3, -0.25) is 9.59 Å². The van der Waals surface area contributed by atoms with Crippen LogP contribution in [0.2, 0.25) is 5.02 Å². The first-order chi connectivity index (χ1) is 13.5. The van der Waals surface area contributed by atoms with Gasteiger partial charge in [-0.1, -0.05) is 11.6 Å². The van der Waals surface area contributed by atoms with Crippen LogP contribution in [0.4, 0.5) is 15.8 Å². The molecule has 7 heteroatoms. The number of hydrogen-bond donors (Lipinski definition) is 2. The summed E-state index contributed by atoms with van der Waals surface area (Å²) in [7, 11) is 0. The third kappa shape index (κ3) is 5.45. The minimum absolute atomic E-state index is 0.0925. The Labute approximate surface area is 168 Å². The molecule has 0 bridgehead atoms. The van der Waals surface area contributed by atoms with Crippen molar-refractivity contribution in [3.8, 4) is 0 Å². The summed E-state index contributed by atoms with van der Waals surface area (Å²) in [6, 6.07) is 11.0. The first-order valence-corrected chi connectivity index (χ1v) is 9.79. The van der Waals surface area contributed by atoms with Crippen LogP contribution in [0.1, 0.15) is 36.0 Å². The molecular formula is C21H23ClFN3O2. The zero-order chi connectivity index (χ0) is 19.9. The van der Waals surface area contributed by atoms with E-state index >= 15 is 0 Å². The van der Waals surface area contributed by atoms with Gasteiger partial charge in [0.25, 0.3) is 5.91 Å². The Morgan fingerprint density at radius 2 is 1.75 bits per heavy atom. The van der Waals surface area contributed by atoms with Crippen LogP contribution < -0.4 is 15.5 Å². The van der Waals surface area contributed by atoms with E-state index in [2.05, 4.69) is 15.5 Å². The molecule has 0 saturated carbocycles. The van der Waals surface area contributed by atoms with Crippen molar-refractivity contribution >= 4 is 34.8 Å². The molecule has 1 saturated heterocycles. The Kier molecular flexibility index (Phi) is 6.87. The quantitative estimate of drug-likeness (QED) is 0.758. The zero-order valence-corrected chi connectivity index (χ0v) is 16.3. The molecule has 0 atom stereocenters. The van der Waals surface area contributed by atoms with Crippen molar-refractivity contribution in [2.75, 3.05) is 29.9 Å². The number of carbonyl (C=O) groups is 2. The molecule has 148 valence electrons. The highest BCUT2D eigenvalue weighted by atomic mass is 35.5. The van der Waals surface area contributed by atoms with Crippen LogP contribution in [0.15, 0.2) is 42.5 Å². The van der Waals surface area contributed by atoms with Crippen LogP contribution in [0, 0.1) is 5.82 Å². The smallest absolute Gasteiger partial charge is 0.251 e. The van der Waals surface area contributed by atoms with Crippen LogP contribution in [-0.4, -0.2) is 31.4 Å². The molecule has 5 nitrogen and oxygen atoms in total. The van der Waals surface area contributed by atoms with Crippen LogP contribution in [0.25, 0.3) is 0 Å². The SMILES string of the molecule is O=C(CCNC(=O)c1ccc(Cl)cc1)Nc1cc(F)ccc1N1CCCCC1. The highest BCUT2D eigenvalue weighted by molar-refractivity contribution is 6.30. The van der Waals surface area contributed by atoms with Gasteiger partial charge in [0.2, 0.25) is 5.91 Å². The molecule has 2 amide bonds. The summed E-state index contributed by atoms with van der Waals surface area (Å²) in [4.78, 5) is 26.5. The summed E-state index contributed by atoms with van der Waals surface area (Å²) in [5.41, 5.74) is 1.78. The van der Waals surface area contributed by atoms with Gasteiger partial charge in [-0.2, -0.15) is 0 Å². The molecule has 0 spiro atoms. The summed E-state index contributed by atoms with van der Waals surface area (Å²) in [6.45, 7) is 1.97. The topological polar surface area (TPSA) is 61.4 Å². The van der Waals surface area contributed by atoms with Gasteiger partial charge in [0.05, 0.1) is 11.4 Å². The zero-order valence-electron chi connectivity index (χ0n) is 15.5. The molecule has 0 radical (unpaired) electrons. The first kappa shape index (κ1) is 20.1. The number of nitrogens with one attached hydrogen (secondary N) is 2. The minimum Gasteiger partial charge on any atom is -0.370 e. The molecule has 2 aromatic carbocycles. The van der Waals surface area contributed by atoms with Crippen molar-refractivity contribution < 1.29 is 14.0 Å². The number of benzene rings is 2.